The van der Waals surface area contributed by atoms with Gasteiger partial charge in [-0.2, -0.15) is 0 Å². The molecule has 1 rings (SSSR count). The van der Waals surface area contributed by atoms with E-state index in [9.17, 15) is 9.59 Å². The van der Waals surface area contributed by atoms with Crippen molar-refractivity contribution in [1.29, 1.82) is 0 Å². The lowest BCUT2D eigenvalue weighted by Crippen LogP contribution is -2.28. The van der Waals surface area contributed by atoms with Crippen LogP contribution >= 0.6 is 23.4 Å². The number of carbonyl (C=O) groups is 2. The van der Waals surface area contributed by atoms with E-state index in [4.69, 9.17) is 11.6 Å². The Hall–Kier alpha value is -1.20. The average Bonchev–Trinajstić information content (AvgIpc) is 2.46. The van der Waals surface area contributed by atoms with E-state index >= 15 is 0 Å². The van der Waals surface area contributed by atoms with Crippen molar-refractivity contribution < 1.29 is 14.3 Å². The predicted octanol–water partition coefficient (Wildman–Crippen LogP) is 2.29. The minimum absolute atomic E-state index is 0.0836. The van der Waals surface area contributed by atoms with Crippen LogP contribution < -0.4 is 5.32 Å². The smallest absolute Gasteiger partial charge is 0.318 e. The highest BCUT2D eigenvalue weighted by Gasteiger charge is 2.14. The minimum atomic E-state index is -0.331. The van der Waals surface area contributed by atoms with E-state index < -0.39 is 0 Å². The summed E-state index contributed by atoms with van der Waals surface area (Å²) in [6, 6.07) is 7.52. The van der Waals surface area contributed by atoms with Gasteiger partial charge in [-0.15, -0.1) is 11.8 Å². The Morgan fingerprint density at radius 2 is 2.00 bits per heavy atom. The molecule has 0 aliphatic carbocycles. The van der Waals surface area contributed by atoms with Crippen LogP contribution in [0.25, 0.3) is 0 Å². The summed E-state index contributed by atoms with van der Waals surface area (Å²) < 4.78 is 4.59. The van der Waals surface area contributed by atoms with E-state index in [1.807, 2.05) is 24.3 Å². The molecule has 0 heterocycles. The van der Waals surface area contributed by atoms with Crippen molar-refractivity contribution >= 4 is 35.2 Å². The molecular weight excluding hydrogens is 298 g/mol. The first-order valence-electron chi connectivity index (χ1n) is 6.23. The fraction of sp³-hybridized carbons (Fsp3) is 0.429. The monoisotopic (exact) mass is 315 g/mol. The topological polar surface area (TPSA) is 55.4 Å². The fourth-order valence-corrected chi connectivity index (χ4v) is 2.34. The Morgan fingerprint density at radius 1 is 1.35 bits per heavy atom. The third-order valence-corrected chi connectivity index (χ3v) is 4.02. The van der Waals surface area contributed by atoms with Gasteiger partial charge in [-0.1, -0.05) is 23.7 Å². The summed E-state index contributed by atoms with van der Waals surface area (Å²) in [5.74, 6) is -0.152. The van der Waals surface area contributed by atoms with Gasteiger partial charge in [0, 0.05) is 11.6 Å². The van der Waals surface area contributed by atoms with Gasteiger partial charge in [0.1, 0.15) is 5.25 Å². The average molecular weight is 316 g/mol. The molecule has 1 unspecified atom stereocenters. The number of amides is 1. The maximum absolute atomic E-state index is 11.6. The van der Waals surface area contributed by atoms with E-state index in [1.165, 1.54) is 18.9 Å². The fourth-order valence-electron chi connectivity index (χ4n) is 1.48. The second-order valence-electron chi connectivity index (χ2n) is 4.20. The zero-order valence-electron chi connectivity index (χ0n) is 11.5. The van der Waals surface area contributed by atoms with Crippen LogP contribution in [-0.2, 0) is 20.7 Å². The van der Waals surface area contributed by atoms with Crippen LogP contribution in [-0.4, -0.2) is 36.5 Å². The Labute approximate surface area is 128 Å². The van der Waals surface area contributed by atoms with Gasteiger partial charge in [0.05, 0.1) is 12.9 Å². The highest BCUT2D eigenvalue weighted by molar-refractivity contribution is 8.01. The van der Waals surface area contributed by atoms with E-state index in [0.29, 0.717) is 11.6 Å². The van der Waals surface area contributed by atoms with Gasteiger partial charge < -0.3 is 10.1 Å². The SMILES string of the molecule is COC(=O)C(C)SCC(=O)NCCc1ccc(Cl)cc1. The number of rotatable bonds is 7. The molecule has 6 heteroatoms. The van der Waals surface area contributed by atoms with Gasteiger partial charge in [-0.25, -0.2) is 0 Å². The summed E-state index contributed by atoms with van der Waals surface area (Å²) >= 11 is 7.06. The normalized spacial score (nSPS) is 11.8. The standard InChI is InChI=1S/C14H18ClNO3S/c1-10(14(18)19-2)20-9-13(17)16-8-7-11-3-5-12(15)6-4-11/h3-6,10H,7-9H2,1-2H3,(H,16,17). The minimum Gasteiger partial charge on any atom is -0.468 e. The quantitative estimate of drug-likeness (QED) is 0.784. The van der Waals surface area contributed by atoms with Crippen LogP contribution in [0.2, 0.25) is 5.02 Å². The molecule has 0 bridgehead atoms. The molecule has 0 radical (unpaired) electrons. The van der Waals surface area contributed by atoms with Gasteiger partial charge >= 0.3 is 5.97 Å². The van der Waals surface area contributed by atoms with Gasteiger partial charge in [-0.05, 0) is 31.0 Å². The molecule has 0 spiro atoms. The number of hydrogen-bond acceptors (Lipinski definition) is 4. The first-order valence-corrected chi connectivity index (χ1v) is 7.66. The summed E-state index contributed by atoms with van der Waals surface area (Å²) in [7, 11) is 1.34. The molecule has 110 valence electrons. The highest BCUT2D eigenvalue weighted by Crippen LogP contribution is 2.11. The molecule has 0 saturated carbocycles. The van der Waals surface area contributed by atoms with Crippen LogP contribution in [0, 0.1) is 0 Å². The molecule has 20 heavy (non-hydrogen) atoms. The molecule has 0 aliphatic rings. The summed E-state index contributed by atoms with van der Waals surface area (Å²) in [5.41, 5.74) is 1.12. The maximum Gasteiger partial charge on any atom is 0.318 e. The lowest BCUT2D eigenvalue weighted by atomic mass is 10.1. The van der Waals surface area contributed by atoms with Gasteiger partial charge in [0.15, 0.2) is 0 Å². The molecular formula is C14H18ClNO3S. The molecule has 0 saturated heterocycles. The number of carbonyl (C=O) groups excluding carboxylic acids is 2. The van der Waals surface area contributed by atoms with Gasteiger partial charge in [0.25, 0.3) is 0 Å². The van der Waals surface area contributed by atoms with Crippen LogP contribution in [0.1, 0.15) is 12.5 Å². The molecule has 0 fully saturated rings. The zero-order valence-corrected chi connectivity index (χ0v) is 13.1. The second kappa shape index (κ2) is 8.87. The van der Waals surface area contributed by atoms with E-state index in [1.54, 1.807) is 6.92 Å². The van der Waals surface area contributed by atoms with Crippen LogP contribution in [0.5, 0.6) is 0 Å². The maximum atomic E-state index is 11.6. The first kappa shape index (κ1) is 16.9. The number of thioether (sulfide) groups is 1. The number of ether oxygens (including phenoxy) is 1. The Kier molecular flexibility index (Phi) is 7.47. The summed E-state index contributed by atoms with van der Waals surface area (Å²) in [4.78, 5) is 22.8. The van der Waals surface area contributed by atoms with E-state index in [0.717, 1.165) is 12.0 Å². The lowest BCUT2D eigenvalue weighted by molar-refractivity contribution is -0.139. The predicted molar refractivity (Wildman–Crippen MR) is 82.1 cm³/mol. The third-order valence-electron chi connectivity index (χ3n) is 2.65. The zero-order chi connectivity index (χ0) is 15.0. The van der Waals surface area contributed by atoms with Crippen molar-refractivity contribution in [3.8, 4) is 0 Å². The molecule has 4 nitrogen and oxygen atoms in total. The number of nitrogens with one attached hydrogen (secondary N) is 1. The number of benzene rings is 1. The van der Waals surface area contributed by atoms with Gasteiger partial charge in [-0.3, -0.25) is 9.59 Å². The van der Waals surface area contributed by atoms with Crippen molar-refractivity contribution in [2.75, 3.05) is 19.4 Å². The van der Waals surface area contributed by atoms with Crippen molar-refractivity contribution in [2.24, 2.45) is 0 Å². The molecule has 1 atom stereocenters. The number of hydrogen-bond donors (Lipinski definition) is 1. The Bertz CT molecular complexity index is 450. The molecule has 1 aromatic rings. The largest absolute Gasteiger partial charge is 0.468 e. The number of halogens is 1. The van der Waals surface area contributed by atoms with Gasteiger partial charge in [0.2, 0.25) is 5.91 Å². The van der Waals surface area contributed by atoms with Crippen molar-refractivity contribution in [2.45, 2.75) is 18.6 Å². The van der Waals surface area contributed by atoms with E-state index in [-0.39, 0.29) is 22.9 Å². The first-order chi connectivity index (χ1) is 9.52. The van der Waals surface area contributed by atoms with Crippen molar-refractivity contribution in [1.82, 2.24) is 5.32 Å². The molecule has 1 aromatic carbocycles. The summed E-state index contributed by atoms with van der Waals surface area (Å²) in [6.45, 7) is 2.28. The van der Waals surface area contributed by atoms with Crippen LogP contribution in [0.15, 0.2) is 24.3 Å². The molecule has 0 aromatic heterocycles. The molecule has 0 aliphatic heterocycles. The van der Waals surface area contributed by atoms with Crippen molar-refractivity contribution in [3.05, 3.63) is 34.9 Å². The van der Waals surface area contributed by atoms with Crippen molar-refractivity contribution in [3.63, 3.8) is 0 Å². The lowest BCUT2D eigenvalue weighted by Gasteiger charge is -2.09. The summed E-state index contributed by atoms with van der Waals surface area (Å²) in [6.07, 6.45) is 0.750. The Balaban J connectivity index is 2.20. The summed E-state index contributed by atoms with van der Waals surface area (Å²) in [5, 5.41) is 3.18. The second-order valence-corrected chi connectivity index (χ2v) is 5.97. The number of esters is 1. The third kappa shape index (κ3) is 6.30. The van der Waals surface area contributed by atoms with Crippen LogP contribution in [0.4, 0.5) is 0 Å². The van der Waals surface area contributed by atoms with Crippen LogP contribution in [0.3, 0.4) is 0 Å². The van der Waals surface area contributed by atoms with E-state index in [2.05, 4.69) is 10.1 Å². The highest BCUT2D eigenvalue weighted by atomic mass is 35.5. The number of methoxy groups -OCH3 is 1. The Morgan fingerprint density at radius 3 is 2.60 bits per heavy atom. The molecule has 1 amide bonds. The molecule has 1 N–H and O–H groups in total.